The van der Waals surface area contributed by atoms with Crippen molar-refractivity contribution in [3.05, 3.63) is 0 Å². The van der Waals surface area contributed by atoms with Crippen LogP contribution in [0.25, 0.3) is 0 Å². The van der Waals surface area contributed by atoms with Gasteiger partial charge in [-0.05, 0) is 18.5 Å². The first kappa shape index (κ1) is 9.49. The summed E-state index contributed by atoms with van der Waals surface area (Å²) < 4.78 is 0. The number of rotatable bonds is 3. The van der Waals surface area contributed by atoms with Gasteiger partial charge in [0.2, 0.25) is 0 Å². The maximum Gasteiger partial charge on any atom is 0.101 e. The van der Waals surface area contributed by atoms with E-state index in [1.165, 1.54) is 12.7 Å². The summed E-state index contributed by atoms with van der Waals surface area (Å²) in [6.07, 6.45) is 2.71. The predicted molar refractivity (Wildman–Crippen MR) is 50.8 cm³/mol. The Morgan fingerprint density at radius 3 is 1.89 bits per heavy atom. The average Bonchev–Trinajstić information content (AvgIpc) is 1.65. The zero-order chi connectivity index (χ0) is 7.49. The molecule has 0 atom stereocenters. The lowest BCUT2D eigenvalue weighted by Gasteiger charge is -2.29. The zero-order valence-electron chi connectivity index (χ0n) is 7.36. The van der Waals surface area contributed by atoms with E-state index in [0.717, 1.165) is 0 Å². The quantitative estimate of drug-likeness (QED) is 0.419. The second-order valence-electron chi connectivity index (χ2n) is 3.46. The van der Waals surface area contributed by atoms with Crippen molar-refractivity contribution in [1.29, 1.82) is 0 Å². The first-order valence-electron chi connectivity index (χ1n) is 3.68. The van der Waals surface area contributed by atoms with Crippen molar-refractivity contribution in [3.8, 4) is 0 Å². The van der Waals surface area contributed by atoms with Crippen LogP contribution >= 0.6 is 7.92 Å². The van der Waals surface area contributed by atoms with Gasteiger partial charge in [0.15, 0.2) is 0 Å². The highest BCUT2D eigenvalue weighted by atomic mass is 31.1. The Morgan fingerprint density at radius 2 is 1.78 bits per heavy atom. The van der Waals surface area contributed by atoms with Gasteiger partial charge in [0.05, 0.1) is 0 Å². The summed E-state index contributed by atoms with van der Waals surface area (Å²) in [5.41, 5.74) is 0. The molecule has 0 aromatic carbocycles. The lowest BCUT2D eigenvalue weighted by molar-refractivity contribution is 0.672. The lowest BCUT2D eigenvalue weighted by atomic mass is 9.95. The van der Waals surface area contributed by atoms with Crippen molar-refractivity contribution in [2.45, 2.75) is 31.7 Å². The third-order valence-electron chi connectivity index (χ3n) is 2.07. The molecule has 0 aliphatic heterocycles. The summed E-state index contributed by atoms with van der Waals surface area (Å²) in [5, 5.41) is 0.615. The Hall–Kier alpha value is 0.495. The van der Waals surface area contributed by atoms with E-state index >= 15 is 0 Å². The molecule has 9 heavy (non-hydrogen) atoms. The molecule has 0 aliphatic rings. The van der Waals surface area contributed by atoms with Gasteiger partial charge in [-0.3, -0.25) is 0 Å². The highest BCUT2D eigenvalue weighted by molar-refractivity contribution is 7.57. The second kappa shape index (κ2) is 3.61. The number of hydrogen-bond acceptors (Lipinski definition) is 0. The van der Waals surface area contributed by atoms with Gasteiger partial charge in [-0.1, -0.05) is 26.6 Å². The molecule has 0 saturated heterocycles. The van der Waals surface area contributed by atoms with Gasteiger partial charge in [0.1, 0.15) is 7.85 Å². The summed E-state index contributed by atoms with van der Waals surface area (Å²) in [5.74, 6) is 0. The van der Waals surface area contributed by atoms with Crippen LogP contribution in [0.15, 0.2) is 0 Å². The van der Waals surface area contributed by atoms with Crippen LogP contribution in [0, 0.1) is 0 Å². The molecule has 0 fully saturated rings. The minimum atomic E-state index is 0.250. The van der Waals surface area contributed by atoms with E-state index in [9.17, 15) is 0 Å². The second-order valence-corrected chi connectivity index (χ2v) is 6.46. The molecule has 54 valence electrons. The van der Waals surface area contributed by atoms with Gasteiger partial charge in [0, 0.05) is 0 Å². The highest BCUT2D eigenvalue weighted by Gasteiger charge is 2.19. The molecule has 0 bridgehead atoms. The van der Waals surface area contributed by atoms with Crippen LogP contribution in [-0.2, 0) is 0 Å². The molecule has 0 radical (unpaired) electrons. The SMILES string of the molecule is BCCC(C)(C)P(C)C. The van der Waals surface area contributed by atoms with Crippen LogP contribution in [0.1, 0.15) is 20.3 Å². The van der Waals surface area contributed by atoms with Crippen molar-refractivity contribution in [1.82, 2.24) is 0 Å². The van der Waals surface area contributed by atoms with Gasteiger partial charge in [0.25, 0.3) is 0 Å². The fourth-order valence-electron chi connectivity index (χ4n) is 0.835. The van der Waals surface area contributed by atoms with Gasteiger partial charge in [-0.2, -0.15) is 0 Å². The molecule has 0 spiro atoms. The van der Waals surface area contributed by atoms with Crippen LogP contribution in [-0.4, -0.2) is 26.3 Å². The topological polar surface area (TPSA) is 0 Å². The van der Waals surface area contributed by atoms with Crippen LogP contribution in [0.5, 0.6) is 0 Å². The lowest BCUT2D eigenvalue weighted by Crippen LogP contribution is -2.15. The summed E-state index contributed by atoms with van der Waals surface area (Å²) in [6.45, 7) is 9.49. The third kappa shape index (κ3) is 3.25. The monoisotopic (exact) mass is 144 g/mol. The number of hydrogen-bond donors (Lipinski definition) is 0. The Morgan fingerprint density at radius 1 is 1.33 bits per heavy atom. The van der Waals surface area contributed by atoms with Crippen molar-refractivity contribution < 1.29 is 0 Å². The fraction of sp³-hybridized carbons (Fsp3) is 1.00. The molecule has 0 amide bonds. The maximum atomic E-state index is 2.38. The summed E-state index contributed by atoms with van der Waals surface area (Å²) >= 11 is 0. The van der Waals surface area contributed by atoms with E-state index < -0.39 is 0 Å². The molecule has 0 nitrogen and oxygen atoms in total. The van der Waals surface area contributed by atoms with Gasteiger partial charge < -0.3 is 0 Å². The van der Waals surface area contributed by atoms with E-state index in [1.54, 1.807) is 0 Å². The van der Waals surface area contributed by atoms with E-state index in [1.807, 2.05) is 0 Å². The third-order valence-corrected chi connectivity index (χ3v) is 4.72. The van der Waals surface area contributed by atoms with E-state index in [0.29, 0.717) is 5.16 Å². The van der Waals surface area contributed by atoms with Crippen LogP contribution in [0.3, 0.4) is 0 Å². The van der Waals surface area contributed by atoms with Gasteiger partial charge >= 0.3 is 0 Å². The Balaban J connectivity index is 3.70. The Bertz CT molecular complexity index is 79.0. The van der Waals surface area contributed by atoms with Crippen LogP contribution in [0.2, 0.25) is 6.32 Å². The molecule has 2 heteroatoms. The summed E-state index contributed by atoms with van der Waals surface area (Å²) in [4.78, 5) is 0. The zero-order valence-corrected chi connectivity index (χ0v) is 8.26. The van der Waals surface area contributed by atoms with Crippen LogP contribution < -0.4 is 0 Å². The van der Waals surface area contributed by atoms with Crippen molar-refractivity contribution >= 4 is 15.8 Å². The molecule has 0 aromatic heterocycles. The minimum Gasteiger partial charge on any atom is -0.107 e. The summed E-state index contributed by atoms with van der Waals surface area (Å²) in [7, 11) is 2.51. The molecule has 0 aliphatic carbocycles. The summed E-state index contributed by atoms with van der Waals surface area (Å²) in [6, 6.07) is 0. The molecule has 0 unspecified atom stereocenters. The fourth-order valence-corrected chi connectivity index (χ4v) is 1.51. The van der Waals surface area contributed by atoms with Crippen LogP contribution in [0.4, 0.5) is 0 Å². The maximum absolute atomic E-state index is 2.38. The largest absolute Gasteiger partial charge is 0.107 e. The first-order valence-corrected chi connectivity index (χ1v) is 5.91. The van der Waals surface area contributed by atoms with Crippen molar-refractivity contribution in [3.63, 3.8) is 0 Å². The highest BCUT2D eigenvalue weighted by Crippen LogP contribution is 2.45. The average molecular weight is 144 g/mol. The minimum absolute atomic E-state index is 0.250. The molecule has 0 rings (SSSR count). The smallest absolute Gasteiger partial charge is 0.101 e. The van der Waals surface area contributed by atoms with E-state index in [2.05, 4.69) is 35.0 Å². The van der Waals surface area contributed by atoms with Gasteiger partial charge in [-0.15, -0.1) is 7.92 Å². The first-order chi connectivity index (χ1) is 4.00. The molecule has 0 heterocycles. The molecule has 0 N–H and O–H groups in total. The van der Waals surface area contributed by atoms with Crippen molar-refractivity contribution in [2.24, 2.45) is 0 Å². The Kier molecular flexibility index (Phi) is 3.81. The van der Waals surface area contributed by atoms with E-state index in [-0.39, 0.29) is 7.92 Å². The molecular weight excluding hydrogens is 126 g/mol. The molecule has 0 saturated carbocycles. The standard InChI is InChI=1S/C7H18BP/c1-7(2,5-6-8)9(3)4/h5-6,8H2,1-4H3. The Labute approximate surface area is 61.6 Å². The van der Waals surface area contributed by atoms with Gasteiger partial charge in [-0.25, -0.2) is 0 Å². The van der Waals surface area contributed by atoms with Crippen molar-refractivity contribution in [2.75, 3.05) is 13.3 Å². The van der Waals surface area contributed by atoms with E-state index in [4.69, 9.17) is 0 Å². The normalized spacial score (nSPS) is 12.6. The predicted octanol–water partition coefficient (Wildman–Crippen LogP) is 1.95. The molecule has 0 aromatic rings. The molecular formula is C7H18BP.